The van der Waals surface area contributed by atoms with E-state index in [9.17, 15) is 13.2 Å². The number of carbonyl (C=O) groups excluding carboxylic acids is 1. The number of hydrazone groups is 1. The van der Waals surface area contributed by atoms with Crippen LogP contribution in [-0.2, 0) is 23.2 Å². The third-order valence-electron chi connectivity index (χ3n) is 5.51. The van der Waals surface area contributed by atoms with Crippen molar-refractivity contribution in [3.63, 3.8) is 0 Å². The van der Waals surface area contributed by atoms with Gasteiger partial charge in [-0.3, -0.25) is 9.10 Å². The highest BCUT2D eigenvalue weighted by atomic mass is 32.2. The third kappa shape index (κ3) is 7.28. The zero-order valence-electron chi connectivity index (χ0n) is 20.3. The maximum absolute atomic E-state index is 12.6. The molecule has 37 heavy (non-hydrogen) atoms. The smallest absolute Gasteiger partial charge is 0.271 e. The molecular weight excluding hydrogens is 486 g/mol. The van der Waals surface area contributed by atoms with Gasteiger partial charge in [0.15, 0.2) is 0 Å². The second-order valence-electron chi connectivity index (χ2n) is 8.31. The van der Waals surface area contributed by atoms with E-state index >= 15 is 0 Å². The van der Waals surface area contributed by atoms with Crippen LogP contribution < -0.4 is 14.5 Å². The van der Waals surface area contributed by atoms with Crippen LogP contribution in [-0.4, -0.2) is 26.8 Å². The summed E-state index contributed by atoms with van der Waals surface area (Å²) in [6.45, 7) is 0.577. The normalized spacial score (nSPS) is 11.3. The summed E-state index contributed by atoms with van der Waals surface area (Å²) in [5.41, 5.74) is 6.04. The number of hydrogen-bond donors (Lipinski definition) is 1. The number of ether oxygens (including phenoxy) is 1. The van der Waals surface area contributed by atoms with Gasteiger partial charge >= 0.3 is 0 Å². The summed E-state index contributed by atoms with van der Waals surface area (Å²) in [7, 11) is -3.48. The van der Waals surface area contributed by atoms with E-state index in [1.165, 1.54) is 16.8 Å². The summed E-state index contributed by atoms with van der Waals surface area (Å²) in [6.07, 6.45) is 2.71. The first-order chi connectivity index (χ1) is 17.9. The van der Waals surface area contributed by atoms with Gasteiger partial charge in [-0.15, -0.1) is 0 Å². The summed E-state index contributed by atoms with van der Waals surface area (Å²) in [5, 5.41) is 4.08. The molecule has 0 aliphatic carbocycles. The van der Waals surface area contributed by atoms with Crippen LogP contribution in [0, 0.1) is 0 Å². The Kier molecular flexibility index (Phi) is 8.33. The van der Waals surface area contributed by atoms with Gasteiger partial charge in [-0.25, -0.2) is 13.8 Å². The number of benzene rings is 4. The highest BCUT2D eigenvalue weighted by molar-refractivity contribution is 7.92. The quantitative estimate of drug-likeness (QED) is 0.239. The van der Waals surface area contributed by atoms with E-state index < -0.39 is 10.0 Å². The monoisotopic (exact) mass is 513 g/mol. The minimum absolute atomic E-state index is 0.155. The topological polar surface area (TPSA) is 88.1 Å². The van der Waals surface area contributed by atoms with Crippen LogP contribution in [0.2, 0.25) is 0 Å². The van der Waals surface area contributed by atoms with Crippen molar-refractivity contribution >= 4 is 27.8 Å². The zero-order valence-corrected chi connectivity index (χ0v) is 21.1. The average Bonchev–Trinajstić information content (AvgIpc) is 2.92. The van der Waals surface area contributed by atoms with Gasteiger partial charge in [-0.2, -0.15) is 5.10 Å². The van der Waals surface area contributed by atoms with E-state index in [1.54, 1.807) is 48.5 Å². The van der Waals surface area contributed by atoms with Crippen LogP contribution in [0.1, 0.15) is 27.0 Å². The van der Waals surface area contributed by atoms with Crippen LogP contribution in [0.4, 0.5) is 5.69 Å². The third-order valence-corrected chi connectivity index (χ3v) is 6.65. The lowest BCUT2D eigenvalue weighted by atomic mass is 10.1. The molecule has 0 aliphatic rings. The van der Waals surface area contributed by atoms with E-state index in [2.05, 4.69) is 10.5 Å². The van der Waals surface area contributed by atoms with Crippen molar-refractivity contribution in [2.75, 3.05) is 10.6 Å². The van der Waals surface area contributed by atoms with Crippen molar-refractivity contribution in [1.29, 1.82) is 0 Å². The largest absolute Gasteiger partial charge is 0.488 e. The second kappa shape index (κ2) is 12.0. The molecule has 7 nitrogen and oxygen atoms in total. The average molecular weight is 514 g/mol. The number of nitrogens with zero attached hydrogens (tertiary/aromatic N) is 2. The molecule has 0 heterocycles. The Labute approximate surface area is 217 Å². The van der Waals surface area contributed by atoms with Crippen LogP contribution in [0.15, 0.2) is 114 Å². The van der Waals surface area contributed by atoms with E-state index in [4.69, 9.17) is 4.74 Å². The molecule has 0 aromatic heterocycles. The standard InChI is InChI=1S/C29H27N3O4S/c1-37(34,35)32(27-13-6-3-7-14-27)21-23-16-18-25(19-17-23)29(33)31-30-20-26-12-8-9-15-28(26)36-22-24-10-4-2-5-11-24/h2-20H,21-22H2,1H3,(H,31,33)/b30-20-. The molecule has 188 valence electrons. The van der Waals surface area contributed by atoms with Crippen LogP contribution in [0.3, 0.4) is 0 Å². The molecule has 4 rings (SSSR count). The van der Waals surface area contributed by atoms with Gasteiger partial charge in [0.25, 0.3) is 5.91 Å². The second-order valence-corrected chi connectivity index (χ2v) is 10.2. The fraction of sp³-hybridized carbons (Fsp3) is 0.103. The summed E-state index contributed by atoms with van der Waals surface area (Å²) >= 11 is 0. The molecule has 4 aromatic rings. The number of carbonyl (C=O) groups is 1. The molecule has 8 heteroatoms. The molecule has 0 saturated heterocycles. The number of hydrogen-bond acceptors (Lipinski definition) is 5. The number of sulfonamides is 1. The Morgan fingerprint density at radius 1 is 0.838 bits per heavy atom. The van der Waals surface area contributed by atoms with Gasteiger partial charge in [0.05, 0.1) is 24.7 Å². The van der Waals surface area contributed by atoms with Crippen molar-refractivity contribution in [3.8, 4) is 5.75 Å². The molecule has 1 N–H and O–H groups in total. The van der Waals surface area contributed by atoms with Gasteiger partial charge in [0.2, 0.25) is 10.0 Å². The van der Waals surface area contributed by atoms with Crippen molar-refractivity contribution in [2.45, 2.75) is 13.2 Å². The number of rotatable bonds is 10. The highest BCUT2D eigenvalue weighted by Gasteiger charge is 2.17. The Balaban J connectivity index is 1.37. The molecule has 0 fully saturated rings. The fourth-order valence-corrected chi connectivity index (χ4v) is 4.49. The maximum atomic E-state index is 12.6. The summed E-state index contributed by atoms with van der Waals surface area (Å²) in [5.74, 6) is 0.274. The van der Waals surface area contributed by atoms with Gasteiger partial charge < -0.3 is 4.74 Å². The SMILES string of the molecule is CS(=O)(=O)N(Cc1ccc(C(=O)N/N=C\c2ccccc2OCc2ccccc2)cc1)c1ccccc1. The van der Waals surface area contributed by atoms with Gasteiger partial charge in [0.1, 0.15) is 12.4 Å². The number of amides is 1. The van der Waals surface area contributed by atoms with Crippen molar-refractivity contribution in [1.82, 2.24) is 5.43 Å². The number of anilines is 1. The molecular formula is C29H27N3O4S. The predicted octanol–water partition coefficient (Wildman–Crippen LogP) is 5.00. The maximum Gasteiger partial charge on any atom is 0.271 e. The highest BCUT2D eigenvalue weighted by Crippen LogP contribution is 2.21. The van der Waals surface area contributed by atoms with E-state index in [1.807, 2.05) is 60.7 Å². The minimum atomic E-state index is -3.48. The van der Waals surface area contributed by atoms with E-state index in [-0.39, 0.29) is 12.5 Å². The summed E-state index contributed by atoms with van der Waals surface area (Å²) in [4.78, 5) is 12.6. The van der Waals surface area contributed by atoms with Crippen molar-refractivity contribution in [3.05, 3.63) is 131 Å². The first-order valence-electron chi connectivity index (χ1n) is 11.6. The van der Waals surface area contributed by atoms with Gasteiger partial charge in [-0.05, 0) is 47.5 Å². The molecule has 0 saturated carbocycles. The lowest BCUT2D eigenvalue weighted by Crippen LogP contribution is -2.29. The minimum Gasteiger partial charge on any atom is -0.488 e. The lowest BCUT2D eigenvalue weighted by molar-refractivity contribution is 0.0955. The summed E-state index contributed by atoms with van der Waals surface area (Å²) in [6, 6.07) is 32.9. The van der Waals surface area contributed by atoms with Crippen molar-refractivity contribution in [2.24, 2.45) is 5.10 Å². The Morgan fingerprint density at radius 3 is 2.14 bits per heavy atom. The van der Waals surface area contributed by atoms with Gasteiger partial charge in [0, 0.05) is 11.1 Å². The Bertz CT molecular complexity index is 1460. The predicted molar refractivity (Wildman–Crippen MR) is 146 cm³/mol. The lowest BCUT2D eigenvalue weighted by Gasteiger charge is -2.22. The number of nitrogens with one attached hydrogen (secondary N) is 1. The molecule has 0 unspecified atom stereocenters. The summed E-state index contributed by atoms with van der Waals surface area (Å²) < 4.78 is 31.9. The van der Waals surface area contributed by atoms with Crippen LogP contribution in [0.25, 0.3) is 0 Å². The molecule has 1 amide bonds. The fourth-order valence-electron chi connectivity index (χ4n) is 3.60. The van der Waals surface area contributed by atoms with E-state index in [0.717, 1.165) is 16.7 Å². The van der Waals surface area contributed by atoms with Crippen LogP contribution >= 0.6 is 0 Å². The molecule has 4 aromatic carbocycles. The molecule has 0 bridgehead atoms. The Morgan fingerprint density at radius 2 is 1.46 bits per heavy atom. The Hall–Kier alpha value is -4.43. The first kappa shape index (κ1) is 25.7. The molecule has 0 aliphatic heterocycles. The molecule has 0 atom stereocenters. The molecule has 0 spiro atoms. The zero-order chi connectivity index (χ0) is 26.1. The van der Waals surface area contributed by atoms with E-state index in [0.29, 0.717) is 23.6 Å². The van der Waals surface area contributed by atoms with Crippen LogP contribution in [0.5, 0.6) is 5.75 Å². The number of para-hydroxylation sites is 2. The van der Waals surface area contributed by atoms with Crippen molar-refractivity contribution < 1.29 is 17.9 Å². The van der Waals surface area contributed by atoms with Gasteiger partial charge in [-0.1, -0.05) is 72.8 Å². The first-order valence-corrected chi connectivity index (χ1v) is 13.5. The molecule has 0 radical (unpaired) electrons.